The van der Waals surface area contributed by atoms with Gasteiger partial charge in [-0.2, -0.15) is 0 Å². The van der Waals surface area contributed by atoms with Gasteiger partial charge in [-0.1, -0.05) is 0 Å². The predicted molar refractivity (Wildman–Crippen MR) is 87.2 cm³/mol. The van der Waals surface area contributed by atoms with E-state index < -0.39 is 10.0 Å². The number of hydrogen-bond acceptors (Lipinski definition) is 4. The molecule has 1 aromatic heterocycles. The van der Waals surface area contributed by atoms with Crippen molar-refractivity contribution in [1.82, 2.24) is 14.6 Å². The Morgan fingerprint density at radius 3 is 2.22 bits per heavy atom. The zero-order valence-corrected chi connectivity index (χ0v) is 14.7. The standard InChI is InChI=1S/C15H23N3O4S/c1-9-13(10(2)16-14(9)11(3)19)15(20)18-7-5-12(6-8-18)17-23(4,21)22/h12,16-17H,5-8H2,1-4H3. The summed E-state index contributed by atoms with van der Waals surface area (Å²) in [4.78, 5) is 29.0. The Morgan fingerprint density at radius 1 is 1.22 bits per heavy atom. The molecule has 0 radical (unpaired) electrons. The fraction of sp³-hybridized carbons (Fsp3) is 0.600. The number of carbonyl (C=O) groups excluding carboxylic acids is 2. The van der Waals surface area contributed by atoms with Crippen LogP contribution in [-0.4, -0.2) is 55.4 Å². The maximum Gasteiger partial charge on any atom is 0.255 e. The smallest absolute Gasteiger partial charge is 0.255 e. The monoisotopic (exact) mass is 341 g/mol. The molecule has 0 atom stereocenters. The lowest BCUT2D eigenvalue weighted by atomic mass is 10.0. The first-order valence-electron chi connectivity index (χ1n) is 7.57. The minimum Gasteiger partial charge on any atom is -0.355 e. The summed E-state index contributed by atoms with van der Waals surface area (Å²) < 4.78 is 25.1. The Hall–Kier alpha value is -1.67. The van der Waals surface area contributed by atoms with Gasteiger partial charge >= 0.3 is 0 Å². The van der Waals surface area contributed by atoms with E-state index in [1.165, 1.54) is 6.92 Å². The van der Waals surface area contributed by atoms with E-state index in [9.17, 15) is 18.0 Å². The molecule has 8 heteroatoms. The van der Waals surface area contributed by atoms with E-state index in [4.69, 9.17) is 0 Å². The van der Waals surface area contributed by atoms with Crippen LogP contribution in [0.25, 0.3) is 0 Å². The zero-order chi connectivity index (χ0) is 17.4. The van der Waals surface area contributed by atoms with Gasteiger partial charge in [-0.05, 0) is 32.3 Å². The third-order valence-corrected chi connectivity index (χ3v) is 4.93. The summed E-state index contributed by atoms with van der Waals surface area (Å²) in [5, 5.41) is 0. The van der Waals surface area contributed by atoms with Crippen molar-refractivity contribution in [2.45, 2.75) is 39.7 Å². The van der Waals surface area contributed by atoms with E-state index in [1.807, 2.05) is 0 Å². The van der Waals surface area contributed by atoms with Crippen LogP contribution in [0.2, 0.25) is 0 Å². The highest BCUT2D eigenvalue weighted by Gasteiger charge is 2.28. The van der Waals surface area contributed by atoms with Crippen molar-refractivity contribution < 1.29 is 18.0 Å². The first-order chi connectivity index (χ1) is 10.6. The first kappa shape index (κ1) is 17.7. The molecule has 1 aliphatic rings. The molecule has 1 aliphatic heterocycles. The summed E-state index contributed by atoms with van der Waals surface area (Å²) in [6, 6.07) is -0.129. The minimum atomic E-state index is -3.23. The summed E-state index contributed by atoms with van der Waals surface area (Å²) in [5.74, 6) is -0.206. The van der Waals surface area contributed by atoms with Crippen molar-refractivity contribution >= 4 is 21.7 Å². The van der Waals surface area contributed by atoms with Crippen LogP contribution in [0.5, 0.6) is 0 Å². The van der Waals surface area contributed by atoms with Crippen LogP contribution in [0.15, 0.2) is 0 Å². The SMILES string of the molecule is CC(=O)c1[nH]c(C)c(C(=O)N2CCC(NS(C)(=O)=O)CC2)c1C. The molecule has 23 heavy (non-hydrogen) atoms. The fourth-order valence-corrected chi connectivity index (χ4v) is 3.93. The Balaban J connectivity index is 2.10. The second kappa shape index (κ2) is 6.45. The first-order valence-corrected chi connectivity index (χ1v) is 9.46. The highest BCUT2D eigenvalue weighted by atomic mass is 32.2. The van der Waals surface area contributed by atoms with Gasteiger partial charge in [-0.3, -0.25) is 9.59 Å². The quantitative estimate of drug-likeness (QED) is 0.798. The molecule has 128 valence electrons. The van der Waals surface area contributed by atoms with Gasteiger partial charge in [0.25, 0.3) is 5.91 Å². The molecule has 7 nitrogen and oxygen atoms in total. The van der Waals surface area contributed by atoms with Crippen molar-refractivity contribution in [3.05, 3.63) is 22.5 Å². The number of sulfonamides is 1. The summed E-state index contributed by atoms with van der Waals surface area (Å²) >= 11 is 0. The second-order valence-corrected chi connectivity index (χ2v) is 7.92. The van der Waals surface area contributed by atoms with Gasteiger partial charge in [0.15, 0.2) is 5.78 Å². The Kier molecular flexibility index (Phi) is 4.95. The average molecular weight is 341 g/mol. The number of aromatic nitrogens is 1. The predicted octanol–water partition coefficient (Wildman–Crippen LogP) is 0.988. The van der Waals surface area contributed by atoms with Crippen molar-refractivity contribution in [2.75, 3.05) is 19.3 Å². The van der Waals surface area contributed by atoms with Gasteiger partial charge in [0, 0.05) is 31.7 Å². The van der Waals surface area contributed by atoms with Crippen molar-refractivity contribution in [1.29, 1.82) is 0 Å². The van der Waals surface area contributed by atoms with Crippen LogP contribution in [0.3, 0.4) is 0 Å². The lowest BCUT2D eigenvalue weighted by Crippen LogP contribution is -2.46. The summed E-state index contributed by atoms with van der Waals surface area (Å²) in [7, 11) is -3.23. The number of hydrogen-bond donors (Lipinski definition) is 2. The molecule has 2 heterocycles. The third kappa shape index (κ3) is 4.00. The molecule has 1 aromatic rings. The Morgan fingerprint density at radius 2 is 1.78 bits per heavy atom. The third-order valence-electron chi connectivity index (χ3n) is 4.17. The van der Waals surface area contributed by atoms with Gasteiger partial charge in [-0.15, -0.1) is 0 Å². The van der Waals surface area contributed by atoms with Crippen molar-refractivity contribution in [2.24, 2.45) is 0 Å². The summed E-state index contributed by atoms with van der Waals surface area (Å²) in [5.41, 5.74) is 2.38. The van der Waals surface area contributed by atoms with Crippen LogP contribution in [-0.2, 0) is 10.0 Å². The maximum absolute atomic E-state index is 12.7. The number of rotatable bonds is 4. The number of likely N-dealkylation sites (tertiary alicyclic amines) is 1. The van der Waals surface area contributed by atoms with E-state index >= 15 is 0 Å². The molecule has 0 aliphatic carbocycles. The normalized spacial score (nSPS) is 16.6. The van der Waals surface area contributed by atoms with E-state index in [-0.39, 0.29) is 17.7 Å². The molecule has 0 aromatic carbocycles. The highest BCUT2D eigenvalue weighted by Crippen LogP contribution is 2.22. The molecule has 1 saturated heterocycles. The molecule has 1 amide bonds. The van der Waals surface area contributed by atoms with E-state index in [1.54, 1.807) is 18.7 Å². The number of aromatic amines is 1. The van der Waals surface area contributed by atoms with Gasteiger partial charge in [0.1, 0.15) is 0 Å². The Labute approximate surface area is 136 Å². The maximum atomic E-state index is 12.7. The molecule has 1 fully saturated rings. The van der Waals surface area contributed by atoms with Crippen LogP contribution in [0.4, 0.5) is 0 Å². The summed E-state index contributed by atoms with van der Waals surface area (Å²) in [6.45, 7) is 6.00. The van der Waals surface area contributed by atoms with Crippen molar-refractivity contribution in [3.63, 3.8) is 0 Å². The number of ketones is 1. The van der Waals surface area contributed by atoms with Gasteiger partial charge in [-0.25, -0.2) is 13.1 Å². The second-order valence-electron chi connectivity index (χ2n) is 6.14. The van der Waals surface area contributed by atoms with Crippen LogP contribution >= 0.6 is 0 Å². The van der Waals surface area contributed by atoms with E-state index in [2.05, 4.69) is 9.71 Å². The number of aryl methyl sites for hydroxylation is 1. The molecule has 2 rings (SSSR count). The van der Waals surface area contributed by atoms with Crippen LogP contribution < -0.4 is 4.72 Å². The zero-order valence-electron chi connectivity index (χ0n) is 13.9. The molecule has 0 unspecified atom stereocenters. The number of H-pyrrole nitrogens is 1. The Bertz CT molecular complexity index is 728. The largest absolute Gasteiger partial charge is 0.355 e. The van der Waals surface area contributed by atoms with Crippen LogP contribution in [0, 0.1) is 13.8 Å². The van der Waals surface area contributed by atoms with E-state index in [0.717, 1.165) is 6.26 Å². The average Bonchev–Trinajstić information content (AvgIpc) is 2.72. The van der Waals surface area contributed by atoms with E-state index in [0.29, 0.717) is 48.4 Å². The van der Waals surface area contributed by atoms with Crippen LogP contribution in [0.1, 0.15) is 51.9 Å². The number of Topliss-reactive ketones (excluding diaryl/α,β-unsaturated/α-hetero) is 1. The number of nitrogens with zero attached hydrogens (tertiary/aromatic N) is 1. The van der Waals surface area contributed by atoms with Crippen molar-refractivity contribution in [3.8, 4) is 0 Å². The van der Waals surface area contributed by atoms with Gasteiger partial charge in [0.05, 0.1) is 17.5 Å². The number of nitrogens with one attached hydrogen (secondary N) is 2. The minimum absolute atomic E-state index is 0.0966. The molecule has 0 saturated carbocycles. The topological polar surface area (TPSA) is 99.3 Å². The molecular weight excluding hydrogens is 318 g/mol. The van der Waals surface area contributed by atoms with Gasteiger partial charge < -0.3 is 9.88 Å². The summed E-state index contributed by atoms with van der Waals surface area (Å²) in [6.07, 6.45) is 2.31. The number of amides is 1. The molecule has 2 N–H and O–H groups in total. The van der Waals surface area contributed by atoms with Gasteiger partial charge in [0.2, 0.25) is 10.0 Å². The lowest BCUT2D eigenvalue weighted by molar-refractivity contribution is 0.0710. The number of piperidine rings is 1. The lowest BCUT2D eigenvalue weighted by Gasteiger charge is -2.32. The highest BCUT2D eigenvalue weighted by molar-refractivity contribution is 7.88. The fourth-order valence-electron chi connectivity index (χ4n) is 3.08. The molecule has 0 spiro atoms. The number of carbonyl (C=O) groups is 2. The molecule has 0 bridgehead atoms. The molecular formula is C15H23N3O4S.